The van der Waals surface area contributed by atoms with E-state index in [4.69, 9.17) is 4.52 Å². The lowest BCUT2D eigenvalue weighted by molar-refractivity contribution is 0.458. The molecule has 0 unspecified atom stereocenters. The Morgan fingerprint density at radius 2 is 0.957 bits per heavy atom. The molecule has 2 rings (SSSR count). The van der Waals surface area contributed by atoms with Gasteiger partial charge in [0.25, 0.3) is 0 Å². The maximum absolute atomic E-state index is 5.90. The largest absolute Gasteiger partial charge is 0.362 e. The van der Waals surface area contributed by atoms with E-state index in [1.54, 1.807) is 0 Å². The van der Waals surface area contributed by atoms with Crippen LogP contribution in [0.5, 0.6) is 0 Å². The minimum Gasteiger partial charge on any atom is -0.362 e. The van der Waals surface area contributed by atoms with Crippen molar-refractivity contribution >= 4 is 8.15 Å². The monoisotopic (exact) mass is 328 g/mol. The van der Waals surface area contributed by atoms with Crippen molar-refractivity contribution in [3.8, 4) is 0 Å². The van der Waals surface area contributed by atoms with E-state index in [2.05, 4.69) is 65.8 Å². The summed E-state index contributed by atoms with van der Waals surface area (Å²) in [6, 6.07) is 9.14. The summed E-state index contributed by atoms with van der Waals surface area (Å²) in [4.78, 5) is 0. The second kappa shape index (κ2) is 7.60. The Hall–Kier alpha value is -1.17. The Balaban J connectivity index is 2.26. The van der Waals surface area contributed by atoms with E-state index in [0.717, 1.165) is 12.3 Å². The highest BCUT2D eigenvalue weighted by Gasteiger charge is 2.16. The van der Waals surface area contributed by atoms with Crippen LogP contribution in [-0.2, 0) is 16.8 Å². The van der Waals surface area contributed by atoms with E-state index in [1.807, 2.05) is 7.11 Å². The summed E-state index contributed by atoms with van der Waals surface area (Å²) in [5.41, 5.74) is 11.2. The third kappa shape index (κ3) is 4.43. The molecule has 0 bridgehead atoms. The van der Waals surface area contributed by atoms with Gasteiger partial charge in [-0.2, -0.15) is 0 Å². The molecule has 0 N–H and O–H groups in total. The van der Waals surface area contributed by atoms with E-state index < -0.39 is 8.15 Å². The molecule has 0 radical (unpaired) electrons. The van der Waals surface area contributed by atoms with Gasteiger partial charge in [0.1, 0.15) is 0 Å². The van der Waals surface area contributed by atoms with Crippen LogP contribution in [0.2, 0.25) is 0 Å². The lowest BCUT2D eigenvalue weighted by Crippen LogP contribution is -2.00. The Morgan fingerprint density at radius 1 is 0.652 bits per heavy atom. The summed E-state index contributed by atoms with van der Waals surface area (Å²) < 4.78 is 5.90. The Labute approximate surface area is 142 Å². The molecule has 2 heteroatoms. The van der Waals surface area contributed by atoms with Crippen molar-refractivity contribution in [2.24, 2.45) is 0 Å². The number of hydrogen-bond donors (Lipinski definition) is 0. The van der Waals surface area contributed by atoms with E-state index in [0.29, 0.717) is 0 Å². The van der Waals surface area contributed by atoms with Gasteiger partial charge in [-0.15, -0.1) is 0 Å². The standard InChI is InChI=1S/C21H29OP/c1-14-8-16(3)20(17(4)9-14)12-23(22-7)13-21-18(5)10-15(2)11-19(21)6/h8-11H,12-13H2,1-7H3. The fourth-order valence-corrected chi connectivity index (χ4v) is 5.53. The summed E-state index contributed by atoms with van der Waals surface area (Å²) in [6.45, 7) is 13.2. The van der Waals surface area contributed by atoms with Crippen LogP contribution >= 0.6 is 8.15 Å². The minimum absolute atomic E-state index is 0.495. The molecule has 0 atom stereocenters. The van der Waals surface area contributed by atoms with E-state index in [-0.39, 0.29) is 0 Å². The quantitative estimate of drug-likeness (QED) is 0.587. The average Bonchev–Trinajstić information content (AvgIpc) is 2.44. The SMILES string of the molecule is COP(Cc1c(C)cc(C)cc1C)Cc1c(C)cc(C)cc1C. The van der Waals surface area contributed by atoms with Crippen LogP contribution in [0.15, 0.2) is 24.3 Å². The molecular formula is C21H29OP. The highest BCUT2D eigenvalue weighted by atomic mass is 31.1. The molecule has 0 aliphatic carbocycles. The lowest BCUT2D eigenvalue weighted by atomic mass is 10.0. The zero-order valence-corrected chi connectivity index (χ0v) is 16.5. The Morgan fingerprint density at radius 3 is 1.22 bits per heavy atom. The van der Waals surface area contributed by atoms with Gasteiger partial charge in [0.05, 0.1) is 0 Å². The maximum atomic E-state index is 5.90. The van der Waals surface area contributed by atoms with Crippen molar-refractivity contribution in [2.75, 3.05) is 7.11 Å². The van der Waals surface area contributed by atoms with Crippen molar-refractivity contribution < 1.29 is 4.52 Å². The van der Waals surface area contributed by atoms with Crippen LogP contribution in [0.1, 0.15) is 44.5 Å². The molecular weight excluding hydrogens is 299 g/mol. The molecule has 0 spiro atoms. The van der Waals surface area contributed by atoms with Crippen LogP contribution in [-0.4, -0.2) is 7.11 Å². The third-order valence-corrected chi connectivity index (χ3v) is 6.46. The van der Waals surface area contributed by atoms with Crippen LogP contribution < -0.4 is 0 Å². The predicted molar refractivity (Wildman–Crippen MR) is 103 cm³/mol. The number of hydrogen-bond acceptors (Lipinski definition) is 1. The van der Waals surface area contributed by atoms with Crippen LogP contribution in [0, 0.1) is 41.5 Å². The summed E-state index contributed by atoms with van der Waals surface area (Å²) in [5, 5.41) is 0. The van der Waals surface area contributed by atoms with Gasteiger partial charge in [0.15, 0.2) is 0 Å². The fraction of sp³-hybridized carbons (Fsp3) is 0.429. The molecule has 23 heavy (non-hydrogen) atoms. The van der Waals surface area contributed by atoms with Crippen LogP contribution in [0.3, 0.4) is 0 Å². The first kappa shape index (κ1) is 18.2. The Bertz CT molecular complexity index is 597. The average molecular weight is 328 g/mol. The molecule has 0 fully saturated rings. The predicted octanol–water partition coefficient (Wildman–Crippen LogP) is 6.28. The second-order valence-corrected chi connectivity index (χ2v) is 8.70. The van der Waals surface area contributed by atoms with E-state index in [9.17, 15) is 0 Å². The molecule has 1 nitrogen and oxygen atoms in total. The fourth-order valence-electron chi connectivity index (χ4n) is 3.46. The zero-order chi connectivity index (χ0) is 17.1. The molecule has 124 valence electrons. The summed E-state index contributed by atoms with van der Waals surface area (Å²) in [6.07, 6.45) is 2.08. The summed E-state index contributed by atoms with van der Waals surface area (Å²) in [5.74, 6) is 0. The van der Waals surface area contributed by atoms with Gasteiger partial charge in [0, 0.05) is 27.6 Å². The molecule has 0 amide bonds. The maximum Gasteiger partial charge on any atom is 0.0398 e. The number of rotatable bonds is 5. The topological polar surface area (TPSA) is 9.23 Å². The van der Waals surface area contributed by atoms with Gasteiger partial charge in [0.2, 0.25) is 0 Å². The molecule has 2 aromatic carbocycles. The van der Waals surface area contributed by atoms with Crippen molar-refractivity contribution in [1.29, 1.82) is 0 Å². The third-order valence-electron chi connectivity index (χ3n) is 4.61. The molecule has 2 aromatic rings. The van der Waals surface area contributed by atoms with Gasteiger partial charge in [-0.05, 0) is 74.9 Å². The van der Waals surface area contributed by atoms with Crippen molar-refractivity contribution in [3.05, 3.63) is 68.8 Å². The van der Waals surface area contributed by atoms with E-state index in [1.165, 1.54) is 44.5 Å². The molecule has 0 heterocycles. The van der Waals surface area contributed by atoms with Crippen LogP contribution in [0.4, 0.5) is 0 Å². The number of benzene rings is 2. The minimum atomic E-state index is -0.495. The molecule has 0 aliphatic rings. The van der Waals surface area contributed by atoms with Crippen LogP contribution in [0.25, 0.3) is 0 Å². The van der Waals surface area contributed by atoms with E-state index >= 15 is 0 Å². The molecule has 0 aliphatic heterocycles. The summed E-state index contributed by atoms with van der Waals surface area (Å²) >= 11 is 0. The van der Waals surface area contributed by atoms with Gasteiger partial charge in [-0.3, -0.25) is 0 Å². The molecule has 0 saturated heterocycles. The molecule has 0 aromatic heterocycles. The van der Waals surface area contributed by atoms with Crippen molar-refractivity contribution in [2.45, 2.75) is 53.9 Å². The highest BCUT2D eigenvalue weighted by molar-refractivity contribution is 7.50. The summed E-state index contributed by atoms with van der Waals surface area (Å²) in [7, 11) is 1.37. The first-order chi connectivity index (χ1) is 10.8. The van der Waals surface area contributed by atoms with Gasteiger partial charge >= 0.3 is 0 Å². The highest BCUT2D eigenvalue weighted by Crippen LogP contribution is 2.46. The first-order valence-corrected chi connectivity index (χ1v) is 9.87. The van der Waals surface area contributed by atoms with Gasteiger partial charge in [-0.25, -0.2) is 0 Å². The Kier molecular flexibility index (Phi) is 6.00. The van der Waals surface area contributed by atoms with Crippen molar-refractivity contribution in [3.63, 3.8) is 0 Å². The molecule has 0 saturated carbocycles. The van der Waals surface area contributed by atoms with Gasteiger partial charge in [-0.1, -0.05) is 35.4 Å². The normalized spacial score (nSPS) is 11.3. The zero-order valence-electron chi connectivity index (χ0n) is 15.6. The second-order valence-electron chi connectivity index (χ2n) is 6.74. The lowest BCUT2D eigenvalue weighted by Gasteiger charge is -2.21. The van der Waals surface area contributed by atoms with Gasteiger partial charge < -0.3 is 4.52 Å². The number of aryl methyl sites for hydroxylation is 6. The van der Waals surface area contributed by atoms with Crippen molar-refractivity contribution in [1.82, 2.24) is 0 Å². The smallest absolute Gasteiger partial charge is 0.0398 e. The first-order valence-electron chi connectivity index (χ1n) is 8.24.